The van der Waals surface area contributed by atoms with Crippen molar-refractivity contribution in [2.45, 2.75) is 25.4 Å². The zero-order valence-corrected chi connectivity index (χ0v) is 8.89. The van der Waals surface area contributed by atoms with Gasteiger partial charge >= 0.3 is 6.03 Å². The summed E-state index contributed by atoms with van der Waals surface area (Å²) in [6.45, 7) is 6.51. The average molecular weight is 211 g/mol. The molecule has 2 aliphatic heterocycles. The highest BCUT2D eigenvalue weighted by atomic mass is 16.6. The van der Waals surface area contributed by atoms with Crippen molar-refractivity contribution < 1.29 is 9.63 Å². The molecular weight excluding hydrogens is 194 g/mol. The SMILES string of the molecule is C=NOC1CCN(C(=O)N2CCCC2)C1. The molecule has 2 saturated heterocycles. The van der Waals surface area contributed by atoms with Gasteiger partial charge in [0.2, 0.25) is 0 Å². The number of urea groups is 1. The van der Waals surface area contributed by atoms with Crippen molar-refractivity contribution >= 4 is 12.7 Å². The Morgan fingerprint density at radius 1 is 1.27 bits per heavy atom. The van der Waals surface area contributed by atoms with Crippen molar-refractivity contribution in [2.75, 3.05) is 26.2 Å². The van der Waals surface area contributed by atoms with Gasteiger partial charge in [0.1, 0.15) is 6.10 Å². The van der Waals surface area contributed by atoms with Crippen molar-refractivity contribution in [2.24, 2.45) is 5.16 Å². The summed E-state index contributed by atoms with van der Waals surface area (Å²) in [6, 6.07) is 0.155. The van der Waals surface area contributed by atoms with Gasteiger partial charge in [-0.3, -0.25) is 0 Å². The minimum atomic E-state index is 0.0362. The molecule has 1 atom stereocenters. The molecule has 0 aromatic carbocycles. The van der Waals surface area contributed by atoms with Gasteiger partial charge in [-0.15, -0.1) is 5.16 Å². The Bertz CT molecular complexity index is 251. The Morgan fingerprint density at radius 3 is 2.67 bits per heavy atom. The molecule has 5 heteroatoms. The standard InChI is InChI=1S/C10H17N3O2/c1-11-15-9-4-7-13(8-9)10(14)12-5-2-3-6-12/h9H,1-8H2. The zero-order chi connectivity index (χ0) is 10.7. The molecule has 2 heterocycles. The number of carbonyl (C=O) groups is 1. The van der Waals surface area contributed by atoms with Gasteiger partial charge in [-0.25, -0.2) is 4.79 Å². The summed E-state index contributed by atoms with van der Waals surface area (Å²) in [5.41, 5.74) is 0. The maximum atomic E-state index is 11.9. The fourth-order valence-electron chi connectivity index (χ4n) is 2.20. The molecule has 0 spiro atoms. The number of nitrogens with zero attached hydrogens (tertiary/aromatic N) is 3. The van der Waals surface area contributed by atoms with E-state index in [9.17, 15) is 4.79 Å². The first kappa shape index (κ1) is 10.3. The van der Waals surface area contributed by atoms with Crippen LogP contribution in [0.25, 0.3) is 0 Å². The van der Waals surface area contributed by atoms with E-state index in [2.05, 4.69) is 11.9 Å². The highest BCUT2D eigenvalue weighted by Gasteiger charge is 2.31. The lowest BCUT2D eigenvalue weighted by Gasteiger charge is -2.23. The maximum absolute atomic E-state index is 11.9. The molecule has 2 amide bonds. The molecule has 2 rings (SSSR count). The first-order valence-corrected chi connectivity index (χ1v) is 5.47. The van der Waals surface area contributed by atoms with E-state index in [1.165, 1.54) is 0 Å². The fourth-order valence-corrected chi connectivity index (χ4v) is 2.20. The van der Waals surface area contributed by atoms with E-state index in [-0.39, 0.29) is 12.1 Å². The second-order valence-electron chi connectivity index (χ2n) is 4.07. The van der Waals surface area contributed by atoms with Crippen LogP contribution >= 0.6 is 0 Å². The normalized spacial score (nSPS) is 25.7. The Morgan fingerprint density at radius 2 is 2.00 bits per heavy atom. The Hall–Kier alpha value is -1.26. The van der Waals surface area contributed by atoms with Crippen LogP contribution < -0.4 is 0 Å². The molecule has 0 aromatic rings. The van der Waals surface area contributed by atoms with Crippen LogP contribution in [-0.2, 0) is 4.84 Å². The summed E-state index contributed by atoms with van der Waals surface area (Å²) in [4.78, 5) is 20.8. The van der Waals surface area contributed by atoms with Crippen molar-refractivity contribution in [3.05, 3.63) is 0 Å². The van der Waals surface area contributed by atoms with Gasteiger partial charge in [0.05, 0.1) is 6.54 Å². The number of carbonyl (C=O) groups excluding carboxylic acids is 1. The van der Waals surface area contributed by atoms with Crippen LogP contribution in [0.3, 0.4) is 0 Å². The second-order valence-corrected chi connectivity index (χ2v) is 4.07. The van der Waals surface area contributed by atoms with E-state index in [0.717, 1.165) is 38.9 Å². The van der Waals surface area contributed by atoms with Gasteiger partial charge in [0, 0.05) is 32.8 Å². The number of amides is 2. The van der Waals surface area contributed by atoms with Gasteiger partial charge in [0.25, 0.3) is 0 Å². The summed E-state index contributed by atoms with van der Waals surface area (Å²) in [7, 11) is 0. The number of oxime groups is 1. The fraction of sp³-hybridized carbons (Fsp3) is 0.800. The van der Waals surface area contributed by atoms with Gasteiger partial charge < -0.3 is 14.6 Å². The van der Waals surface area contributed by atoms with Crippen molar-refractivity contribution in [3.8, 4) is 0 Å². The third kappa shape index (κ3) is 2.22. The van der Waals surface area contributed by atoms with Crippen LogP contribution in [0.5, 0.6) is 0 Å². The highest BCUT2D eigenvalue weighted by Crippen LogP contribution is 2.17. The monoisotopic (exact) mass is 211 g/mol. The van der Waals surface area contributed by atoms with E-state index < -0.39 is 0 Å². The van der Waals surface area contributed by atoms with Crippen LogP contribution in [0.2, 0.25) is 0 Å². The number of hydrogen-bond donors (Lipinski definition) is 0. The predicted molar refractivity (Wildman–Crippen MR) is 56.8 cm³/mol. The van der Waals surface area contributed by atoms with Crippen molar-refractivity contribution in [3.63, 3.8) is 0 Å². The third-order valence-corrected chi connectivity index (χ3v) is 3.02. The molecule has 84 valence electrons. The first-order valence-electron chi connectivity index (χ1n) is 5.47. The van der Waals surface area contributed by atoms with E-state index in [4.69, 9.17) is 4.84 Å². The van der Waals surface area contributed by atoms with E-state index in [1.807, 2.05) is 9.80 Å². The highest BCUT2D eigenvalue weighted by molar-refractivity contribution is 5.75. The van der Waals surface area contributed by atoms with Gasteiger partial charge in [-0.1, -0.05) is 0 Å². The van der Waals surface area contributed by atoms with E-state index in [0.29, 0.717) is 6.54 Å². The number of hydrogen-bond acceptors (Lipinski definition) is 3. The number of likely N-dealkylation sites (tertiary alicyclic amines) is 2. The van der Waals surface area contributed by atoms with E-state index in [1.54, 1.807) is 0 Å². The summed E-state index contributed by atoms with van der Waals surface area (Å²) in [5, 5.41) is 3.41. The quantitative estimate of drug-likeness (QED) is 0.503. The minimum Gasteiger partial charge on any atom is -0.391 e. The molecule has 0 radical (unpaired) electrons. The van der Waals surface area contributed by atoms with Crippen LogP contribution in [0.15, 0.2) is 5.16 Å². The Labute approximate surface area is 89.7 Å². The molecule has 2 aliphatic rings. The van der Waals surface area contributed by atoms with Gasteiger partial charge in [0.15, 0.2) is 0 Å². The predicted octanol–water partition coefficient (Wildman–Crippen LogP) is 0.909. The Balaban J connectivity index is 1.84. The molecule has 15 heavy (non-hydrogen) atoms. The summed E-state index contributed by atoms with van der Waals surface area (Å²) < 4.78 is 0. The summed E-state index contributed by atoms with van der Waals surface area (Å²) in [6.07, 6.45) is 3.16. The van der Waals surface area contributed by atoms with Crippen LogP contribution in [0.1, 0.15) is 19.3 Å². The van der Waals surface area contributed by atoms with Crippen molar-refractivity contribution in [1.29, 1.82) is 0 Å². The lowest BCUT2D eigenvalue weighted by atomic mass is 10.3. The smallest absolute Gasteiger partial charge is 0.320 e. The van der Waals surface area contributed by atoms with E-state index >= 15 is 0 Å². The molecule has 0 aliphatic carbocycles. The largest absolute Gasteiger partial charge is 0.391 e. The van der Waals surface area contributed by atoms with Gasteiger partial charge in [-0.2, -0.15) is 0 Å². The average Bonchev–Trinajstić information content (AvgIpc) is 2.87. The third-order valence-electron chi connectivity index (χ3n) is 3.02. The van der Waals surface area contributed by atoms with Crippen molar-refractivity contribution in [1.82, 2.24) is 9.80 Å². The zero-order valence-electron chi connectivity index (χ0n) is 8.89. The van der Waals surface area contributed by atoms with Crippen LogP contribution in [-0.4, -0.2) is 54.8 Å². The summed E-state index contributed by atoms with van der Waals surface area (Å²) in [5.74, 6) is 0. The molecule has 0 aromatic heterocycles. The molecule has 2 fully saturated rings. The van der Waals surface area contributed by atoms with Crippen LogP contribution in [0, 0.1) is 0 Å². The van der Waals surface area contributed by atoms with Gasteiger partial charge in [-0.05, 0) is 12.8 Å². The Kier molecular flexibility index (Phi) is 3.08. The minimum absolute atomic E-state index is 0.0362. The summed E-state index contributed by atoms with van der Waals surface area (Å²) >= 11 is 0. The molecule has 0 bridgehead atoms. The molecule has 1 unspecified atom stereocenters. The molecule has 5 nitrogen and oxygen atoms in total. The second kappa shape index (κ2) is 4.51. The topological polar surface area (TPSA) is 45.1 Å². The first-order chi connectivity index (χ1) is 7.31. The lowest BCUT2D eigenvalue weighted by Crippen LogP contribution is -2.40. The maximum Gasteiger partial charge on any atom is 0.320 e. The molecular formula is C10H17N3O2. The lowest BCUT2D eigenvalue weighted by molar-refractivity contribution is 0.0677. The molecule has 0 saturated carbocycles. The van der Waals surface area contributed by atoms with Crippen LogP contribution in [0.4, 0.5) is 4.79 Å². The molecule has 0 N–H and O–H groups in total. The number of rotatable bonds is 2.